The van der Waals surface area contributed by atoms with Gasteiger partial charge in [0.15, 0.2) is 5.82 Å². The van der Waals surface area contributed by atoms with Crippen LogP contribution in [0.4, 0.5) is 0 Å². The van der Waals surface area contributed by atoms with Crippen LogP contribution in [0.3, 0.4) is 0 Å². The van der Waals surface area contributed by atoms with Crippen LogP contribution in [0.1, 0.15) is 15.9 Å². The summed E-state index contributed by atoms with van der Waals surface area (Å²) in [4.78, 5) is 30.9. The predicted octanol–water partition coefficient (Wildman–Crippen LogP) is 5.94. The van der Waals surface area contributed by atoms with E-state index in [1.54, 1.807) is 79.9 Å². The van der Waals surface area contributed by atoms with Crippen LogP contribution in [-0.4, -0.2) is 29.0 Å². The van der Waals surface area contributed by atoms with Gasteiger partial charge in [-0.2, -0.15) is 9.78 Å². The van der Waals surface area contributed by atoms with Gasteiger partial charge in [-0.1, -0.05) is 46.3 Å². The molecule has 0 atom stereocenters. The lowest BCUT2D eigenvalue weighted by molar-refractivity contribution is 0.0734. The van der Waals surface area contributed by atoms with E-state index in [9.17, 15) is 9.59 Å². The van der Waals surface area contributed by atoms with Crippen LogP contribution in [-0.2, 0) is 0 Å². The number of methoxy groups -OCH3 is 1. The molecule has 7 nitrogen and oxygen atoms in total. The first-order valence-electron chi connectivity index (χ1n) is 11.3. The molecule has 0 aliphatic carbocycles. The number of rotatable bonds is 6. The standard InChI is InChI=1S/C29H20BrN3O4/c1-36-23-14-11-19(12-15-23)27-32-25-10-6-5-9-24(25)28(34)33(27)31-18-21-17-22(30)13-16-26(21)37-29(35)20-7-3-2-4-8-20/h2-18H,1H3. The average Bonchev–Trinajstić information content (AvgIpc) is 2.94. The van der Waals surface area contributed by atoms with E-state index in [2.05, 4.69) is 21.0 Å². The van der Waals surface area contributed by atoms with Crippen molar-refractivity contribution < 1.29 is 14.3 Å². The van der Waals surface area contributed by atoms with Crippen molar-refractivity contribution in [3.8, 4) is 22.9 Å². The van der Waals surface area contributed by atoms with Crippen molar-refractivity contribution >= 4 is 39.0 Å². The lowest BCUT2D eigenvalue weighted by atomic mass is 10.2. The smallest absolute Gasteiger partial charge is 0.343 e. The van der Waals surface area contributed by atoms with Gasteiger partial charge >= 0.3 is 5.97 Å². The van der Waals surface area contributed by atoms with Gasteiger partial charge < -0.3 is 9.47 Å². The summed E-state index contributed by atoms with van der Waals surface area (Å²) < 4.78 is 12.9. The van der Waals surface area contributed by atoms with Crippen LogP contribution < -0.4 is 15.0 Å². The molecule has 0 unspecified atom stereocenters. The molecule has 0 N–H and O–H groups in total. The monoisotopic (exact) mass is 553 g/mol. The molecular weight excluding hydrogens is 534 g/mol. The maximum Gasteiger partial charge on any atom is 0.343 e. The quantitative estimate of drug-likeness (QED) is 0.148. The number of para-hydroxylation sites is 1. The second-order valence-corrected chi connectivity index (χ2v) is 8.90. The van der Waals surface area contributed by atoms with Gasteiger partial charge in [0.25, 0.3) is 5.56 Å². The lowest BCUT2D eigenvalue weighted by Gasteiger charge is -2.11. The Morgan fingerprint density at radius 2 is 1.68 bits per heavy atom. The van der Waals surface area contributed by atoms with Crippen molar-refractivity contribution in [3.63, 3.8) is 0 Å². The Morgan fingerprint density at radius 3 is 2.43 bits per heavy atom. The molecule has 8 heteroatoms. The second-order valence-electron chi connectivity index (χ2n) is 7.98. The zero-order valence-electron chi connectivity index (χ0n) is 19.7. The van der Waals surface area contributed by atoms with Crippen molar-refractivity contribution in [2.45, 2.75) is 0 Å². The highest BCUT2D eigenvalue weighted by atomic mass is 79.9. The van der Waals surface area contributed by atoms with Gasteiger partial charge in [-0.3, -0.25) is 4.79 Å². The van der Waals surface area contributed by atoms with E-state index >= 15 is 0 Å². The SMILES string of the molecule is COc1ccc(-c2nc3ccccc3c(=O)n2N=Cc2cc(Br)ccc2OC(=O)c2ccccc2)cc1. The van der Waals surface area contributed by atoms with Crippen LogP contribution >= 0.6 is 15.9 Å². The minimum absolute atomic E-state index is 0.300. The first kappa shape index (κ1) is 24.1. The summed E-state index contributed by atoms with van der Waals surface area (Å²) >= 11 is 3.45. The summed E-state index contributed by atoms with van der Waals surface area (Å²) in [7, 11) is 1.59. The zero-order valence-corrected chi connectivity index (χ0v) is 21.3. The third-order valence-electron chi connectivity index (χ3n) is 5.60. The first-order chi connectivity index (χ1) is 18.0. The number of fused-ring (bicyclic) bond motifs is 1. The molecule has 0 aliphatic heterocycles. The number of hydrogen-bond acceptors (Lipinski definition) is 6. The molecule has 182 valence electrons. The van der Waals surface area contributed by atoms with E-state index in [1.807, 2.05) is 24.3 Å². The number of aromatic nitrogens is 2. The molecule has 5 aromatic rings. The summed E-state index contributed by atoms with van der Waals surface area (Å²) in [6, 6.07) is 28.2. The Balaban J connectivity index is 1.60. The molecule has 0 fully saturated rings. The van der Waals surface area contributed by atoms with E-state index < -0.39 is 5.97 Å². The third kappa shape index (κ3) is 5.19. The molecule has 5 rings (SSSR count). The predicted molar refractivity (Wildman–Crippen MR) is 147 cm³/mol. The molecule has 1 aromatic heterocycles. The molecule has 0 bridgehead atoms. The summed E-state index contributed by atoms with van der Waals surface area (Å²) in [6.45, 7) is 0. The van der Waals surface area contributed by atoms with Crippen molar-refractivity contribution in [1.29, 1.82) is 0 Å². The van der Waals surface area contributed by atoms with Crippen LogP contribution in [0.15, 0.2) is 111 Å². The maximum atomic E-state index is 13.5. The molecule has 0 amide bonds. The minimum atomic E-state index is -0.499. The molecular formula is C29H20BrN3O4. The largest absolute Gasteiger partial charge is 0.497 e. The Labute approximate surface area is 220 Å². The molecule has 0 aliphatic rings. The average molecular weight is 554 g/mol. The van der Waals surface area contributed by atoms with Gasteiger partial charge in [-0.25, -0.2) is 9.78 Å². The Morgan fingerprint density at radius 1 is 0.946 bits per heavy atom. The summed E-state index contributed by atoms with van der Waals surface area (Å²) in [6.07, 6.45) is 1.48. The van der Waals surface area contributed by atoms with Crippen molar-refractivity contribution in [1.82, 2.24) is 9.66 Å². The zero-order chi connectivity index (χ0) is 25.8. The van der Waals surface area contributed by atoms with Gasteiger partial charge in [0.1, 0.15) is 11.5 Å². The number of nitrogens with zero attached hydrogens (tertiary/aromatic N) is 3. The highest BCUT2D eigenvalue weighted by Crippen LogP contribution is 2.25. The number of carbonyl (C=O) groups is 1. The van der Waals surface area contributed by atoms with E-state index in [0.717, 1.165) is 4.47 Å². The maximum absolute atomic E-state index is 13.5. The van der Waals surface area contributed by atoms with Gasteiger partial charge in [0.2, 0.25) is 0 Å². The Bertz CT molecular complexity index is 1680. The molecule has 0 radical (unpaired) electrons. The van der Waals surface area contributed by atoms with Crippen molar-refractivity contribution in [3.05, 3.63) is 123 Å². The number of benzene rings is 4. The number of halogens is 1. The van der Waals surface area contributed by atoms with Crippen LogP contribution in [0, 0.1) is 0 Å². The Hall–Kier alpha value is -4.56. The summed E-state index contributed by atoms with van der Waals surface area (Å²) in [5.41, 5.74) is 1.84. The van der Waals surface area contributed by atoms with E-state index in [-0.39, 0.29) is 5.56 Å². The molecule has 0 spiro atoms. The fourth-order valence-electron chi connectivity index (χ4n) is 3.72. The van der Waals surface area contributed by atoms with Gasteiger partial charge in [0, 0.05) is 15.6 Å². The van der Waals surface area contributed by atoms with E-state index in [1.165, 1.54) is 10.9 Å². The minimum Gasteiger partial charge on any atom is -0.497 e. The summed E-state index contributed by atoms with van der Waals surface area (Å²) in [5.74, 6) is 0.844. The number of esters is 1. The highest BCUT2D eigenvalue weighted by molar-refractivity contribution is 9.10. The Kier molecular flexibility index (Phi) is 6.91. The van der Waals surface area contributed by atoms with E-state index in [0.29, 0.717) is 44.9 Å². The van der Waals surface area contributed by atoms with E-state index in [4.69, 9.17) is 14.5 Å². The molecule has 0 saturated carbocycles. The topological polar surface area (TPSA) is 82.8 Å². The highest BCUT2D eigenvalue weighted by Gasteiger charge is 2.14. The second kappa shape index (κ2) is 10.6. The molecule has 37 heavy (non-hydrogen) atoms. The number of ether oxygens (including phenoxy) is 2. The summed E-state index contributed by atoms with van der Waals surface area (Å²) in [5, 5.41) is 4.93. The number of hydrogen-bond donors (Lipinski definition) is 0. The third-order valence-corrected chi connectivity index (χ3v) is 6.09. The van der Waals surface area contributed by atoms with Crippen molar-refractivity contribution in [2.75, 3.05) is 7.11 Å². The van der Waals surface area contributed by atoms with Gasteiger partial charge in [-0.05, 0) is 66.7 Å². The van der Waals surface area contributed by atoms with Gasteiger partial charge in [0.05, 0.1) is 29.8 Å². The van der Waals surface area contributed by atoms with Gasteiger partial charge in [-0.15, -0.1) is 0 Å². The number of carbonyl (C=O) groups excluding carboxylic acids is 1. The normalized spacial score (nSPS) is 11.1. The fraction of sp³-hybridized carbons (Fsp3) is 0.0345. The van der Waals surface area contributed by atoms with Crippen LogP contribution in [0.25, 0.3) is 22.3 Å². The molecule has 1 heterocycles. The lowest BCUT2D eigenvalue weighted by Crippen LogP contribution is -2.20. The first-order valence-corrected chi connectivity index (χ1v) is 12.1. The van der Waals surface area contributed by atoms with Crippen LogP contribution in [0.2, 0.25) is 0 Å². The molecule has 0 saturated heterocycles. The van der Waals surface area contributed by atoms with Crippen molar-refractivity contribution in [2.24, 2.45) is 5.10 Å². The fourth-order valence-corrected chi connectivity index (χ4v) is 4.10. The van der Waals surface area contributed by atoms with Crippen LogP contribution in [0.5, 0.6) is 11.5 Å². The molecule has 4 aromatic carbocycles.